The zero-order valence-corrected chi connectivity index (χ0v) is 12.0. The lowest BCUT2D eigenvalue weighted by atomic mass is 9.83. The van der Waals surface area contributed by atoms with Gasteiger partial charge in [-0.25, -0.2) is 0 Å². The molecule has 1 saturated carbocycles. The molecular weight excluding hydrogens is 238 g/mol. The molecule has 1 unspecified atom stereocenters. The first kappa shape index (κ1) is 12.9. The summed E-state index contributed by atoms with van der Waals surface area (Å²) in [5.74, 6) is 3.47. The van der Waals surface area contributed by atoms with Crippen molar-refractivity contribution in [3.63, 3.8) is 0 Å². The largest absolute Gasteiger partial charge is 0.337 e. The second-order valence-electron chi connectivity index (χ2n) is 6.28. The summed E-state index contributed by atoms with van der Waals surface area (Å²) < 4.78 is 0. The minimum absolute atomic E-state index is 0.520. The highest BCUT2D eigenvalue weighted by Gasteiger charge is 2.24. The van der Waals surface area contributed by atoms with E-state index in [0.29, 0.717) is 12.0 Å². The van der Waals surface area contributed by atoms with E-state index >= 15 is 0 Å². The van der Waals surface area contributed by atoms with Crippen molar-refractivity contribution >= 4 is 5.95 Å². The SMILES string of the molecule is CC1CCC(c2nc(N3CCNC(C)C3)n[nH]2)CC1. The van der Waals surface area contributed by atoms with Crippen molar-refractivity contribution in [3.05, 3.63) is 5.82 Å². The topological polar surface area (TPSA) is 56.8 Å². The normalized spacial score (nSPS) is 32.5. The fourth-order valence-electron chi connectivity index (χ4n) is 3.24. The molecule has 1 aliphatic heterocycles. The maximum absolute atomic E-state index is 4.75. The van der Waals surface area contributed by atoms with Crippen molar-refractivity contribution in [2.45, 2.75) is 51.5 Å². The fourth-order valence-corrected chi connectivity index (χ4v) is 3.24. The van der Waals surface area contributed by atoms with Crippen LogP contribution >= 0.6 is 0 Å². The van der Waals surface area contributed by atoms with Gasteiger partial charge < -0.3 is 10.2 Å². The first-order valence-electron chi connectivity index (χ1n) is 7.63. The number of aromatic amines is 1. The molecule has 1 atom stereocenters. The highest BCUT2D eigenvalue weighted by Crippen LogP contribution is 2.34. The van der Waals surface area contributed by atoms with Crippen LogP contribution in [0.3, 0.4) is 0 Å². The van der Waals surface area contributed by atoms with Crippen LogP contribution in [-0.2, 0) is 0 Å². The second-order valence-corrected chi connectivity index (χ2v) is 6.28. The lowest BCUT2D eigenvalue weighted by Crippen LogP contribution is -2.49. The van der Waals surface area contributed by atoms with Gasteiger partial charge in [-0.2, -0.15) is 4.98 Å². The maximum Gasteiger partial charge on any atom is 0.244 e. The average Bonchev–Trinajstić information content (AvgIpc) is 2.89. The molecule has 3 rings (SSSR count). The zero-order chi connectivity index (χ0) is 13.2. The van der Waals surface area contributed by atoms with Crippen molar-refractivity contribution in [2.24, 2.45) is 5.92 Å². The molecule has 2 N–H and O–H groups in total. The van der Waals surface area contributed by atoms with Crippen LogP contribution in [0.2, 0.25) is 0 Å². The minimum Gasteiger partial charge on any atom is -0.337 e. The number of nitrogens with one attached hydrogen (secondary N) is 2. The van der Waals surface area contributed by atoms with Gasteiger partial charge in [0.2, 0.25) is 5.95 Å². The van der Waals surface area contributed by atoms with E-state index in [2.05, 4.69) is 34.3 Å². The van der Waals surface area contributed by atoms with Crippen LogP contribution in [0, 0.1) is 5.92 Å². The van der Waals surface area contributed by atoms with Crippen molar-refractivity contribution in [3.8, 4) is 0 Å². The molecule has 0 amide bonds. The molecule has 19 heavy (non-hydrogen) atoms. The molecule has 2 fully saturated rings. The fraction of sp³-hybridized carbons (Fsp3) is 0.857. The zero-order valence-electron chi connectivity index (χ0n) is 12.0. The van der Waals surface area contributed by atoms with E-state index in [9.17, 15) is 0 Å². The maximum atomic E-state index is 4.75. The molecule has 1 aliphatic carbocycles. The monoisotopic (exact) mass is 263 g/mol. The van der Waals surface area contributed by atoms with Gasteiger partial charge in [0.1, 0.15) is 5.82 Å². The Bertz CT molecular complexity index is 408. The van der Waals surface area contributed by atoms with Crippen LogP contribution < -0.4 is 10.2 Å². The van der Waals surface area contributed by atoms with E-state index in [0.717, 1.165) is 37.3 Å². The van der Waals surface area contributed by atoms with Gasteiger partial charge in [-0.3, -0.25) is 5.10 Å². The van der Waals surface area contributed by atoms with Crippen LogP contribution in [0.15, 0.2) is 0 Å². The number of rotatable bonds is 2. The number of aromatic nitrogens is 3. The molecule has 2 heterocycles. The number of hydrogen-bond donors (Lipinski definition) is 2. The molecule has 1 aromatic heterocycles. The quantitative estimate of drug-likeness (QED) is 0.855. The van der Waals surface area contributed by atoms with Gasteiger partial charge >= 0.3 is 0 Å². The molecule has 1 saturated heterocycles. The Labute approximate surface area is 115 Å². The Kier molecular flexibility index (Phi) is 3.73. The van der Waals surface area contributed by atoms with E-state index in [1.54, 1.807) is 0 Å². The van der Waals surface area contributed by atoms with Gasteiger partial charge in [0.05, 0.1) is 0 Å². The van der Waals surface area contributed by atoms with Gasteiger partial charge in [-0.1, -0.05) is 19.8 Å². The molecular formula is C14H25N5. The Morgan fingerprint density at radius 2 is 1.95 bits per heavy atom. The average molecular weight is 263 g/mol. The van der Waals surface area contributed by atoms with Crippen LogP contribution in [0.4, 0.5) is 5.95 Å². The third-order valence-corrected chi connectivity index (χ3v) is 4.55. The number of H-pyrrole nitrogens is 1. The van der Waals surface area contributed by atoms with Gasteiger partial charge in [-0.15, -0.1) is 5.10 Å². The lowest BCUT2D eigenvalue weighted by Gasteiger charge is -2.30. The van der Waals surface area contributed by atoms with Crippen LogP contribution in [0.25, 0.3) is 0 Å². The van der Waals surface area contributed by atoms with Gasteiger partial charge in [0.25, 0.3) is 0 Å². The third kappa shape index (κ3) is 2.91. The van der Waals surface area contributed by atoms with Crippen molar-refractivity contribution in [1.82, 2.24) is 20.5 Å². The smallest absolute Gasteiger partial charge is 0.244 e. The molecule has 0 radical (unpaired) electrons. The van der Waals surface area contributed by atoms with Crippen LogP contribution in [0.1, 0.15) is 51.3 Å². The van der Waals surface area contributed by atoms with Crippen molar-refractivity contribution in [2.75, 3.05) is 24.5 Å². The molecule has 0 bridgehead atoms. The van der Waals surface area contributed by atoms with E-state index in [-0.39, 0.29) is 0 Å². The predicted molar refractivity (Wildman–Crippen MR) is 76.4 cm³/mol. The van der Waals surface area contributed by atoms with Crippen LogP contribution in [0.5, 0.6) is 0 Å². The number of nitrogens with zero attached hydrogens (tertiary/aromatic N) is 3. The number of piperazine rings is 1. The number of hydrogen-bond acceptors (Lipinski definition) is 4. The third-order valence-electron chi connectivity index (χ3n) is 4.55. The van der Waals surface area contributed by atoms with E-state index in [4.69, 9.17) is 4.98 Å². The van der Waals surface area contributed by atoms with Crippen molar-refractivity contribution in [1.29, 1.82) is 0 Å². The van der Waals surface area contributed by atoms with E-state index in [1.807, 2.05) is 0 Å². The summed E-state index contributed by atoms with van der Waals surface area (Å²) in [5.41, 5.74) is 0. The summed E-state index contributed by atoms with van der Waals surface area (Å²) in [7, 11) is 0. The van der Waals surface area contributed by atoms with E-state index in [1.165, 1.54) is 25.7 Å². The van der Waals surface area contributed by atoms with Crippen LogP contribution in [-0.4, -0.2) is 40.9 Å². The summed E-state index contributed by atoms with van der Waals surface area (Å²) in [6.45, 7) is 7.58. The first-order valence-corrected chi connectivity index (χ1v) is 7.63. The Hall–Kier alpha value is -1.10. The van der Waals surface area contributed by atoms with Gasteiger partial charge in [0, 0.05) is 31.6 Å². The molecule has 5 heteroatoms. The van der Waals surface area contributed by atoms with Crippen molar-refractivity contribution < 1.29 is 0 Å². The van der Waals surface area contributed by atoms with Gasteiger partial charge in [-0.05, 0) is 25.7 Å². The Morgan fingerprint density at radius 1 is 1.16 bits per heavy atom. The minimum atomic E-state index is 0.520. The number of anilines is 1. The Morgan fingerprint density at radius 3 is 2.68 bits per heavy atom. The highest BCUT2D eigenvalue weighted by atomic mass is 15.4. The summed E-state index contributed by atoms with van der Waals surface area (Å²) in [6.07, 6.45) is 5.16. The molecule has 1 aromatic rings. The lowest BCUT2D eigenvalue weighted by molar-refractivity contribution is 0.340. The van der Waals surface area contributed by atoms with Gasteiger partial charge in [0.15, 0.2) is 0 Å². The molecule has 0 spiro atoms. The summed E-state index contributed by atoms with van der Waals surface area (Å²) in [6, 6.07) is 0.520. The summed E-state index contributed by atoms with van der Waals surface area (Å²) >= 11 is 0. The molecule has 106 valence electrons. The summed E-state index contributed by atoms with van der Waals surface area (Å²) in [4.78, 5) is 7.03. The highest BCUT2D eigenvalue weighted by molar-refractivity contribution is 5.30. The Balaban J connectivity index is 1.65. The summed E-state index contributed by atoms with van der Waals surface area (Å²) in [5, 5.41) is 11.1. The first-order chi connectivity index (χ1) is 9.22. The predicted octanol–water partition coefficient (Wildman–Crippen LogP) is 1.90. The second kappa shape index (κ2) is 5.49. The molecule has 0 aromatic carbocycles. The molecule has 2 aliphatic rings. The standard InChI is InChI=1S/C14H25N5/c1-10-3-5-12(6-4-10)13-16-14(18-17-13)19-8-7-15-11(2)9-19/h10-12,15H,3-9H2,1-2H3,(H,16,17,18). The van der Waals surface area contributed by atoms with E-state index < -0.39 is 0 Å². The molecule has 5 nitrogen and oxygen atoms in total.